The van der Waals surface area contributed by atoms with Gasteiger partial charge in [0.25, 0.3) is 5.91 Å². The summed E-state index contributed by atoms with van der Waals surface area (Å²) in [5.41, 5.74) is 0.568. The SMILES string of the molecule is O=C(CSc1ccccc1C(=O)NCC1COc2ccccc2O1)NC1CCCCCCC1. The molecule has 1 saturated carbocycles. The third-order valence-corrected chi connectivity index (χ3v) is 7.09. The summed E-state index contributed by atoms with van der Waals surface area (Å²) in [5, 5.41) is 6.14. The highest BCUT2D eigenvalue weighted by Crippen LogP contribution is 2.30. The lowest BCUT2D eigenvalue weighted by atomic mass is 9.97. The van der Waals surface area contributed by atoms with E-state index in [4.69, 9.17) is 9.47 Å². The van der Waals surface area contributed by atoms with Crippen LogP contribution < -0.4 is 20.1 Å². The van der Waals surface area contributed by atoms with Gasteiger partial charge in [0.15, 0.2) is 11.5 Å². The smallest absolute Gasteiger partial charge is 0.252 e. The number of nitrogens with one attached hydrogen (secondary N) is 2. The lowest BCUT2D eigenvalue weighted by Crippen LogP contribution is -2.40. The molecule has 0 saturated heterocycles. The Bertz CT molecular complexity index is 943. The molecule has 1 aliphatic carbocycles. The van der Waals surface area contributed by atoms with E-state index in [-0.39, 0.29) is 24.0 Å². The summed E-state index contributed by atoms with van der Waals surface area (Å²) in [4.78, 5) is 26.2. The fraction of sp³-hybridized carbons (Fsp3) is 0.462. The summed E-state index contributed by atoms with van der Waals surface area (Å²) in [5.74, 6) is 1.57. The van der Waals surface area contributed by atoms with Crippen molar-refractivity contribution in [3.8, 4) is 11.5 Å². The Labute approximate surface area is 199 Å². The molecular weight excluding hydrogens is 436 g/mol. The highest BCUT2D eigenvalue weighted by Gasteiger charge is 2.22. The van der Waals surface area contributed by atoms with Crippen molar-refractivity contribution in [3.63, 3.8) is 0 Å². The number of hydrogen-bond donors (Lipinski definition) is 2. The molecule has 4 rings (SSSR count). The molecule has 2 aliphatic rings. The number of carbonyl (C=O) groups is 2. The number of thioether (sulfide) groups is 1. The fourth-order valence-electron chi connectivity index (χ4n) is 4.26. The predicted octanol–water partition coefficient (Wildman–Crippen LogP) is 4.58. The predicted molar refractivity (Wildman–Crippen MR) is 130 cm³/mol. The van der Waals surface area contributed by atoms with Gasteiger partial charge in [-0.05, 0) is 37.1 Å². The first-order valence-corrected chi connectivity index (χ1v) is 12.9. The van der Waals surface area contributed by atoms with Crippen LogP contribution in [0.4, 0.5) is 0 Å². The molecule has 2 aromatic rings. The van der Waals surface area contributed by atoms with Crippen LogP contribution in [0.3, 0.4) is 0 Å². The number of hydrogen-bond acceptors (Lipinski definition) is 5. The number of ether oxygens (including phenoxy) is 2. The van der Waals surface area contributed by atoms with E-state index in [1.54, 1.807) is 6.07 Å². The first-order chi connectivity index (χ1) is 16.2. The molecule has 0 bridgehead atoms. The summed E-state index contributed by atoms with van der Waals surface area (Å²) in [6.07, 6.45) is 8.06. The van der Waals surface area contributed by atoms with Crippen molar-refractivity contribution in [1.29, 1.82) is 0 Å². The zero-order valence-corrected chi connectivity index (χ0v) is 19.7. The van der Waals surface area contributed by atoms with Gasteiger partial charge in [0, 0.05) is 10.9 Å². The summed E-state index contributed by atoms with van der Waals surface area (Å²) in [6, 6.07) is 15.2. The molecule has 2 N–H and O–H groups in total. The van der Waals surface area contributed by atoms with E-state index < -0.39 is 0 Å². The summed E-state index contributed by atoms with van der Waals surface area (Å²) >= 11 is 1.40. The second-order valence-electron chi connectivity index (χ2n) is 8.60. The minimum absolute atomic E-state index is 0.0344. The molecule has 6 nitrogen and oxygen atoms in total. The van der Waals surface area contributed by atoms with Gasteiger partial charge >= 0.3 is 0 Å². The third-order valence-electron chi connectivity index (χ3n) is 6.02. The number of rotatable bonds is 7. The summed E-state index contributed by atoms with van der Waals surface area (Å²) in [7, 11) is 0. The monoisotopic (exact) mass is 468 g/mol. The average Bonchev–Trinajstić information content (AvgIpc) is 2.83. The Morgan fingerprint density at radius 1 is 0.909 bits per heavy atom. The van der Waals surface area contributed by atoms with Crippen molar-refractivity contribution in [3.05, 3.63) is 54.1 Å². The Hall–Kier alpha value is -2.67. The van der Waals surface area contributed by atoms with Gasteiger partial charge in [0.1, 0.15) is 12.7 Å². The van der Waals surface area contributed by atoms with Gasteiger partial charge in [-0.15, -0.1) is 11.8 Å². The van der Waals surface area contributed by atoms with E-state index in [1.807, 2.05) is 42.5 Å². The molecule has 2 aromatic carbocycles. The number of amides is 2. The highest BCUT2D eigenvalue weighted by molar-refractivity contribution is 8.00. The van der Waals surface area contributed by atoms with Gasteiger partial charge in [0.2, 0.25) is 5.91 Å². The molecule has 1 fully saturated rings. The Balaban J connectivity index is 1.27. The molecule has 2 amide bonds. The van der Waals surface area contributed by atoms with Gasteiger partial charge in [-0.3, -0.25) is 9.59 Å². The van der Waals surface area contributed by atoms with Crippen LogP contribution in [0.2, 0.25) is 0 Å². The fourth-order valence-corrected chi connectivity index (χ4v) is 5.12. The van der Waals surface area contributed by atoms with Crippen LogP contribution in [0.25, 0.3) is 0 Å². The normalized spacial score (nSPS) is 18.6. The molecule has 1 heterocycles. The van der Waals surface area contributed by atoms with Crippen molar-refractivity contribution in [1.82, 2.24) is 10.6 Å². The second kappa shape index (κ2) is 12.0. The largest absolute Gasteiger partial charge is 0.486 e. The molecule has 0 spiro atoms. The molecule has 176 valence electrons. The van der Waals surface area contributed by atoms with Crippen LogP contribution >= 0.6 is 11.8 Å². The van der Waals surface area contributed by atoms with E-state index in [0.717, 1.165) is 23.5 Å². The van der Waals surface area contributed by atoms with E-state index >= 15 is 0 Å². The van der Waals surface area contributed by atoms with E-state index in [9.17, 15) is 9.59 Å². The third kappa shape index (κ3) is 6.90. The van der Waals surface area contributed by atoms with Crippen LogP contribution in [-0.2, 0) is 4.79 Å². The van der Waals surface area contributed by atoms with Crippen molar-refractivity contribution < 1.29 is 19.1 Å². The minimum Gasteiger partial charge on any atom is -0.486 e. The van der Waals surface area contributed by atoms with E-state index in [1.165, 1.54) is 43.9 Å². The Morgan fingerprint density at radius 3 is 2.42 bits per heavy atom. The maximum Gasteiger partial charge on any atom is 0.252 e. The number of fused-ring (bicyclic) bond motifs is 1. The first kappa shape index (κ1) is 23.5. The van der Waals surface area contributed by atoms with E-state index in [2.05, 4.69) is 10.6 Å². The number of carbonyl (C=O) groups excluding carboxylic acids is 2. The molecule has 33 heavy (non-hydrogen) atoms. The quantitative estimate of drug-likeness (QED) is 0.582. The first-order valence-electron chi connectivity index (χ1n) is 11.9. The Kier molecular flexibility index (Phi) is 8.53. The van der Waals surface area contributed by atoms with Crippen molar-refractivity contribution >= 4 is 23.6 Å². The van der Waals surface area contributed by atoms with Gasteiger partial charge in [0.05, 0.1) is 17.9 Å². The van der Waals surface area contributed by atoms with Crippen molar-refractivity contribution in [2.24, 2.45) is 0 Å². The van der Waals surface area contributed by atoms with Crippen LogP contribution in [0.15, 0.2) is 53.4 Å². The molecule has 1 unspecified atom stereocenters. The zero-order chi connectivity index (χ0) is 22.9. The number of benzene rings is 2. The molecule has 1 aliphatic heterocycles. The lowest BCUT2D eigenvalue weighted by molar-refractivity contribution is -0.119. The maximum atomic E-state index is 12.9. The highest BCUT2D eigenvalue weighted by atomic mass is 32.2. The van der Waals surface area contributed by atoms with Crippen molar-refractivity contribution in [2.45, 2.75) is 62.0 Å². The minimum atomic E-state index is -0.252. The topological polar surface area (TPSA) is 76.7 Å². The van der Waals surface area contributed by atoms with Gasteiger partial charge in [-0.2, -0.15) is 0 Å². The summed E-state index contributed by atoms with van der Waals surface area (Å²) < 4.78 is 11.6. The van der Waals surface area contributed by atoms with Crippen LogP contribution in [0.5, 0.6) is 11.5 Å². The van der Waals surface area contributed by atoms with Crippen LogP contribution in [0.1, 0.15) is 55.3 Å². The molecule has 0 radical (unpaired) electrons. The molecule has 7 heteroatoms. The Morgan fingerprint density at radius 2 is 1.61 bits per heavy atom. The zero-order valence-electron chi connectivity index (χ0n) is 18.9. The van der Waals surface area contributed by atoms with Gasteiger partial charge < -0.3 is 20.1 Å². The van der Waals surface area contributed by atoms with Gasteiger partial charge in [-0.1, -0.05) is 56.4 Å². The van der Waals surface area contributed by atoms with E-state index in [0.29, 0.717) is 30.2 Å². The van der Waals surface area contributed by atoms with Crippen LogP contribution in [-0.4, -0.2) is 42.9 Å². The molecule has 1 atom stereocenters. The standard InChI is InChI=1S/C26H32N2O4S/c29-25(28-19-10-4-2-1-3-5-11-19)18-33-24-15-9-6-12-21(24)26(30)27-16-20-17-31-22-13-7-8-14-23(22)32-20/h6-9,12-15,19-20H,1-5,10-11,16-18H2,(H,27,30)(H,28,29). The molecular formula is C26H32N2O4S. The van der Waals surface area contributed by atoms with Crippen molar-refractivity contribution in [2.75, 3.05) is 18.9 Å². The number of para-hydroxylation sites is 2. The second-order valence-corrected chi connectivity index (χ2v) is 9.62. The maximum absolute atomic E-state index is 12.9. The summed E-state index contributed by atoms with van der Waals surface area (Å²) in [6.45, 7) is 0.726. The van der Waals surface area contributed by atoms with Gasteiger partial charge in [-0.25, -0.2) is 0 Å². The average molecular weight is 469 g/mol. The van der Waals surface area contributed by atoms with Crippen LogP contribution in [0, 0.1) is 0 Å². The molecule has 0 aromatic heterocycles. The lowest BCUT2D eigenvalue weighted by Gasteiger charge is -2.26.